The van der Waals surface area contributed by atoms with Gasteiger partial charge in [0, 0.05) is 23.9 Å². The first kappa shape index (κ1) is 14.6. The Kier molecular flexibility index (Phi) is 4.13. The highest BCUT2D eigenvalue weighted by atomic mass is 19.2. The van der Waals surface area contributed by atoms with E-state index in [1.54, 1.807) is 17.9 Å². The zero-order valence-electron chi connectivity index (χ0n) is 11.5. The van der Waals surface area contributed by atoms with E-state index < -0.39 is 23.5 Å². The Morgan fingerprint density at radius 2 is 1.90 bits per heavy atom. The molecule has 0 fully saturated rings. The molecule has 108 valence electrons. The van der Waals surface area contributed by atoms with Crippen molar-refractivity contribution in [2.75, 3.05) is 6.54 Å². The maximum absolute atomic E-state index is 14.0. The molecule has 1 aromatic carbocycles. The number of halogens is 3. The number of nitrogens with zero attached hydrogens (tertiary/aromatic N) is 2. The zero-order valence-corrected chi connectivity index (χ0v) is 11.5. The quantitative estimate of drug-likeness (QED) is 0.874. The van der Waals surface area contributed by atoms with Crippen molar-refractivity contribution < 1.29 is 13.2 Å². The van der Waals surface area contributed by atoms with Gasteiger partial charge in [-0.2, -0.15) is 5.10 Å². The predicted molar refractivity (Wildman–Crippen MR) is 69.8 cm³/mol. The maximum atomic E-state index is 14.0. The van der Waals surface area contributed by atoms with Crippen LogP contribution in [0.25, 0.3) is 0 Å². The summed E-state index contributed by atoms with van der Waals surface area (Å²) in [4.78, 5) is 0. The minimum absolute atomic E-state index is 0.0712. The largest absolute Gasteiger partial charge is 0.306 e. The van der Waals surface area contributed by atoms with E-state index in [2.05, 4.69) is 10.4 Å². The van der Waals surface area contributed by atoms with Gasteiger partial charge in [-0.1, -0.05) is 13.0 Å². The zero-order chi connectivity index (χ0) is 14.9. The first-order chi connectivity index (χ1) is 9.47. The monoisotopic (exact) mass is 283 g/mol. The molecule has 0 saturated heterocycles. The summed E-state index contributed by atoms with van der Waals surface area (Å²) in [7, 11) is 1.77. The van der Waals surface area contributed by atoms with Crippen molar-refractivity contribution in [1.82, 2.24) is 15.1 Å². The molecule has 1 atom stereocenters. The Balaban J connectivity index is 2.54. The van der Waals surface area contributed by atoms with Gasteiger partial charge in [-0.15, -0.1) is 0 Å². The Labute approximate surface area is 115 Å². The second-order valence-corrected chi connectivity index (χ2v) is 4.56. The first-order valence-electron chi connectivity index (χ1n) is 6.32. The van der Waals surface area contributed by atoms with Gasteiger partial charge in [-0.05, 0) is 19.5 Å². The summed E-state index contributed by atoms with van der Waals surface area (Å²) in [5.74, 6) is -3.81. The third-order valence-electron chi connectivity index (χ3n) is 3.37. The molecule has 1 heterocycles. The number of aromatic nitrogens is 2. The summed E-state index contributed by atoms with van der Waals surface area (Å²) in [5.41, 5.74) is 1.64. The summed E-state index contributed by atoms with van der Waals surface area (Å²) in [6.07, 6.45) is 1.60. The molecule has 2 rings (SSSR count). The molecular formula is C14H16F3N3. The van der Waals surface area contributed by atoms with Crippen molar-refractivity contribution in [3.63, 3.8) is 0 Å². The van der Waals surface area contributed by atoms with E-state index in [1.165, 1.54) is 6.07 Å². The second kappa shape index (κ2) is 5.66. The molecule has 0 aliphatic carbocycles. The molecule has 1 unspecified atom stereocenters. The van der Waals surface area contributed by atoms with Crippen LogP contribution in [-0.4, -0.2) is 16.3 Å². The normalized spacial score (nSPS) is 12.7. The average molecular weight is 283 g/mol. The highest BCUT2D eigenvalue weighted by Gasteiger charge is 2.24. The molecule has 2 aromatic rings. The highest BCUT2D eigenvalue weighted by Crippen LogP contribution is 2.28. The van der Waals surface area contributed by atoms with Crippen LogP contribution in [0.15, 0.2) is 18.3 Å². The molecule has 0 aliphatic heterocycles. The van der Waals surface area contributed by atoms with Gasteiger partial charge in [0.2, 0.25) is 0 Å². The van der Waals surface area contributed by atoms with Crippen LogP contribution in [0.2, 0.25) is 0 Å². The molecule has 0 radical (unpaired) electrons. The van der Waals surface area contributed by atoms with Gasteiger partial charge in [0.25, 0.3) is 0 Å². The van der Waals surface area contributed by atoms with E-state index in [4.69, 9.17) is 0 Å². The number of hydrogen-bond acceptors (Lipinski definition) is 2. The fourth-order valence-electron chi connectivity index (χ4n) is 2.15. The third kappa shape index (κ3) is 2.43. The lowest BCUT2D eigenvalue weighted by Gasteiger charge is -2.19. The van der Waals surface area contributed by atoms with Crippen LogP contribution < -0.4 is 5.32 Å². The third-order valence-corrected chi connectivity index (χ3v) is 3.37. The highest BCUT2D eigenvalue weighted by molar-refractivity contribution is 5.34. The molecule has 0 spiro atoms. The molecule has 1 aromatic heterocycles. The lowest BCUT2D eigenvalue weighted by molar-refractivity contribution is 0.433. The Morgan fingerprint density at radius 1 is 1.20 bits per heavy atom. The number of nitrogens with one attached hydrogen (secondary N) is 1. The molecule has 0 saturated carbocycles. The maximum Gasteiger partial charge on any atom is 0.194 e. The van der Waals surface area contributed by atoms with Gasteiger partial charge in [-0.3, -0.25) is 4.68 Å². The van der Waals surface area contributed by atoms with E-state index in [9.17, 15) is 13.2 Å². The van der Waals surface area contributed by atoms with Gasteiger partial charge >= 0.3 is 0 Å². The van der Waals surface area contributed by atoms with Gasteiger partial charge in [-0.25, -0.2) is 13.2 Å². The lowest BCUT2D eigenvalue weighted by Crippen LogP contribution is -2.24. The first-order valence-corrected chi connectivity index (χ1v) is 6.32. The van der Waals surface area contributed by atoms with Crippen molar-refractivity contribution in [3.05, 3.63) is 52.6 Å². The van der Waals surface area contributed by atoms with Crippen LogP contribution in [0, 0.1) is 24.4 Å². The van der Waals surface area contributed by atoms with Crippen molar-refractivity contribution in [2.24, 2.45) is 7.05 Å². The van der Waals surface area contributed by atoms with E-state index >= 15 is 0 Å². The van der Waals surface area contributed by atoms with E-state index in [1.807, 2.05) is 13.8 Å². The van der Waals surface area contributed by atoms with Crippen LogP contribution in [0.4, 0.5) is 13.2 Å². The van der Waals surface area contributed by atoms with Crippen molar-refractivity contribution in [1.29, 1.82) is 0 Å². The van der Waals surface area contributed by atoms with E-state index in [0.29, 0.717) is 6.54 Å². The number of hydrogen-bond donors (Lipinski definition) is 1. The van der Waals surface area contributed by atoms with Gasteiger partial charge in [0.15, 0.2) is 17.5 Å². The summed E-state index contributed by atoms with van der Waals surface area (Å²) in [6, 6.07) is 1.63. The van der Waals surface area contributed by atoms with Gasteiger partial charge in [0.1, 0.15) is 0 Å². The molecular weight excluding hydrogens is 267 g/mol. The SMILES string of the molecule is CCNC(c1ccc(F)c(F)c1F)c1cnn(C)c1C. The van der Waals surface area contributed by atoms with Crippen LogP contribution in [0.5, 0.6) is 0 Å². The molecule has 0 amide bonds. The molecule has 20 heavy (non-hydrogen) atoms. The fourth-order valence-corrected chi connectivity index (χ4v) is 2.15. The van der Waals surface area contributed by atoms with E-state index in [0.717, 1.165) is 17.3 Å². The van der Waals surface area contributed by atoms with Crippen molar-refractivity contribution >= 4 is 0 Å². The summed E-state index contributed by atoms with van der Waals surface area (Å²) >= 11 is 0. The smallest absolute Gasteiger partial charge is 0.194 e. The van der Waals surface area contributed by atoms with Crippen LogP contribution in [-0.2, 0) is 7.05 Å². The number of benzene rings is 1. The Bertz CT molecular complexity index is 622. The Hall–Kier alpha value is -1.82. The molecule has 1 N–H and O–H groups in total. The topological polar surface area (TPSA) is 29.9 Å². The standard InChI is InChI=1S/C14H16F3N3/c1-4-18-14(10-7-19-20(3)8(10)2)9-5-6-11(15)13(17)12(9)16/h5-7,14,18H,4H2,1-3H3. The fraction of sp³-hybridized carbons (Fsp3) is 0.357. The summed E-state index contributed by atoms with van der Waals surface area (Å²) < 4.78 is 42.1. The van der Waals surface area contributed by atoms with Gasteiger partial charge in [0.05, 0.1) is 12.2 Å². The minimum atomic E-state index is -1.45. The summed E-state index contributed by atoms with van der Waals surface area (Å²) in [5, 5.41) is 7.18. The van der Waals surface area contributed by atoms with Crippen LogP contribution >= 0.6 is 0 Å². The van der Waals surface area contributed by atoms with Crippen molar-refractivity contribution in [2.45, 2.75) is 19.9 Å². The number of aryl methyl sites for hydroxylation is 1. The van der Waals surface area contributed by atoms with Gasteiger partial charge < -0.3 is 5.32 Å². The molecule has 6 heteroatoms. The van der Waals surface area contributed by atoms with Crippen LogP contribution in [0.3, 0.4) is 0 Å². The Morgan fingerprint density at radius 3 is 2.45 bits per heavy atom. The average Bonchev–Trinajstić information content (AvgIpc) is 2.75. The van der Waals surface area contributed by atoms with Crippen molar-refractivity contribution in [3.8, 4) is 0 Å². The molecule has 0 aliphatic rings. The predicted octanol–water partition coefficient (Wildman–Crippen LogP) is 2.84. The molecule has 0 bridgehead atoms. The number of rotatable bonds is 4. The van der Waals surface area contributed by atoms with Crippen LogP contribution in [0.1, 0.15) is 29.8 Å². The lowest BCUT2D eigenvalue weighted by atomic mass is 9.98. The van der Waals surface area contributed by atoms with E-state index in [-0.39, 0.29) is 5.56 Å². The minimum Gasteiger partial charge on any atom is -0.306 e. The molecule has 3 nitrogen and oxygen atoms in total. The summed E-state index contributed by atoms with van der Waals surface area (Å²) in [6.45, 7) is 4.25. The second-order valence-electron chi connectivity index (χ2n) is 4.56.